The van der Waals surface area contributed by atoms with Crippen molar-refractivity contribution >= 4 is 65.6 Å². The number of furan rings is 1. The third-order valence-electron chi connectivity index (χ3n) is 10.2. The molecule has 51 heavy (non-hydrogen) atoms. The van der Waals surface area contributed by atoms with E-state index in [4.69, 9.17) is 4.42 Å². The number of thiophene rings is 1. The maximum atomic E-state index is 6.18. The Hall–Kier alpha value is -6.16. The molecule has 242 valence electrons. The standard InChI is InChI=1S/C48H33NOS/c1-2-8-32(9-3-1)33-14-22-38(23-15-33)49(39-24-16-34(17-25-39)36-20-28-46-43(30-36)41-10-4-6-12-45(41)50-46)40-26-18-35(19-27-40)37-21-29-48-44(31-37)42-11-5-7-13-47(42)51-48/h1-5,7-11,13-31H,6,12H2. The van der Waals surface area contributed by atoms with Crippen LogP contribution in [-0.4, -0.2) is 0 Å². The van der Waals surface area contributed by atoms with Crippen LogP contribution in [0.3, 0.4) is 0 Å². The fourth-order valence-electron chi connectivity index (χ4n) is 7.52. The highest BCUT2D eigenvalue weighted by Gasteiger charge is 2.17. The minimum absolute atomic E-state index is 0.962. The van der Waals surface area contributed by atoms with Crippen LogP contribution in [0.15, 0.2) is 174 Å². The molecule has 0 bridgehead atoms. The average Bonchev–Trinajstić information content (AvgIpc) is 3.77. The Balaban J connectivity index is 1.02. The number of allylic oxidation sites excluding steroid dienone is 1. The summed E-state index contributed by atoms with van der Waals surface area (Å²) < 4.78 is 8.83. The molecule has 0 unspecified atom stereocenters. The zero-order valence-corrected chi connectivity index (χ0v) is 28.7. The zero-order valence-electron chi connectivity index (χ0n) is 27.9. The summed E-state index contributed by atoms with van der Waals surface area (Å²) in [6.45, 7) is 0. The molecule has 1 aliphatic carbocycles. The smallest absolute Gasteiger partial charge is 0.134 e. The summed E-state index contributed by atoms with van der Waals surface area (Å²) in [7, 11) is 0. The third kappa shape index (κ3) is 5.34. The number of rotatable bonds is 6. The van der Waals surface area contributed by atoms with Gasteiger partial charge in [-0.2, -0.15) is 0 Å². The summed E-state index contributed by atoms with van der Waals surface area (Å²) in [5.74, 6) is 1.10. The molecule has 2 aromatic heterocycles. The van der Waals surface area contributed by atoms with E-state index >= 15 is 0 Å². The molecular weight excluding hydrogens is 639 g/mol. The molecule has 9 aromatic rings. The molecule has 0 spiro atoms. The lowest BCUT2D eigenvalue weighted by molar-refractivity contribution is 0.546. The molecule has 0 saturated carbocycles. The molecular formula is C48H33NOS. The van der Waals surface area contributed by atoms with Crippen LogP contribution in [-0.2, 0) is 6.42 Å². The number of hydrogen-bond donors (Lipinski definition) is 0. The summed E-state index contributed by atoms with van der Waals surface area (Å²) in [6.07, 6.45) is 6.47. The number of benzene rings is 7. The molecule has 0 fully saturated rings. The van der Waals surface area contributed by atoms with E-state index in [9.17, 15) is 0 Å². The lowest BCUT2D eigenvalue weighted by Gasteiger charge is -2.26. The second-order valence-corrected chi connectivity index (χ2v) is 14.3. The van der Waals surface area contributed by atoms with Gasteiger partial charge in [-0.3, -0.25) is 0 Å². The van der Waals surface area contributed by atoms with Crippen LogP contribution in [0.4, 0.5) is 17.1 Å². The van der Waals surface area contributed by atoms with Gasteiger partial charge >= 0.3 is 0 Å². The van der Waals surface area contributed by atoms with E-state index in [2.05, 4.69) is 181 Å². The molecule has 3 heteroatoms. The van der Waals surface area contributed by atoms with Gasteiger partial charge < -0.3 is 9.32 Å². The number of nitrogens with zero attached hydrogens (tertiary/aromatic N) is 1. The Morgan fingerprint density at radius 1 is 0.451 bits per heavy atom. The van der Waals surface area contributed by atoms with Crippen LogP contribution >= 0.6 is 11.3 Å². The van der Waals surface area contributed by atoms with Crippen molar-refractivity contribution < 1.29 is 4.42 Å². The van der Waals surface area contributed by atoms with E-state index in [1.165, 1.54) is 64.5 Å². The fraction of sp³-hybridized carbons (Fsp3) is 0.0417. The number of hydrogen-bond acceptors (Lipinski definition) is 3. The minimum atomic E-state index is 0.962. The van der Waals surface area contributed by atoms with E-state index in [0.717, 1.165) is 41.2 Å². The van der Waals surface area contributed by atoms with Gasteiger partial charge in [0.25, 0.3) is 0 Å². The second-order valence-electron chi connectivity index (χ2n) is 13.2. The SMILES string of the molecule is C1=Cc2c(oc3ccc(-c4ccc(N(c5ccc(-c6ccccc6)cc5)c5ccc(-c6ccc7sc8ccccc8c7c6)cc5)cc4)cc23)CC1. The van der Waals surface area contributed by atoms with E-state index in [1.54, 1.807) is 0 Å². The van der Waals surface area contributed by atoms with Gasteiger partial charge in [-0.05, 0) is 107 Å². The Morgan fingerprint density at radius 3 is 1.67 bits per heavy atom. The summed E-state index contributed by atoms with van der Waals surface area (Å²) in [6, 6.07) is 59.5. The van der Waals surface area contributed by atoms with Crippen molar-refractivity contribution in [2.45, 2.75) is 12.8 Å². The molecule has 1 aliphatic rings. The van der Waals surface area contributed by atoms with E-state index < -0.39 is 0 Å². The first-order valence-corrected chi connectivity index (χ1v) is 18.4. The Labute approximate surface area is 301 Å². The lowest BCUT2D eigenvalue weighted by atomic mass is 9.98. The van der Waals surface area contributed by atoms with E-state index in [1.807, 2.05) is 11.3 Å². The monoisotopic (exact) mass is 671 g/mol. The molecule has 2 nitrogen and oxygen atoms in total. The predicted octanol–water partition coefficient (Wildman–Crippen LogP) is 14.2. The average molecular weight is 672 g/mol. The first-order valence-electron chi connectivity index (χ1n) is 17.5. The molecule has 2 heterocycles. The van der Waals surface area contributed by atoms with Crippen molar-refractivity contribution in [1.29, 1.82) is 0 Å². The number of anilines is 3. The molecule has 10 rings (SSSR count). The van der Waals surface area contributed by atoms with Crippen LogP contribution in [0.2, 0.25) is 0 Å². The third-order valence-corrected chi connectivity index (χ3v) is 11.3. The number of fused-ring (bicyclic) bond motifs is 6. The van der Waals surface area contributed by atoms with Crippen molar-refractivity contribution in [2.24, 2.45) is 0 Å². The number of aryl methyl sites for hydroxylation is 1. The minimum Gasteiger partial charge on any atom is -0.460 e. The zero-order chi connectivity index (χ0) is 33.7. The van der Waals surface area contributed by atoms with Crippen LogP contribution < -0.4 is 4.90 Å². The highest BCUT2D eigenvalue weighted by molar-refractivity contribution is 7.25. The van der Waals surface area contributed by atoms with Gasteiger partial charge in [-0.1, -0.05) is 109 Å². The topological polar surface area (TPSA) is 16.4 Å². The van der Waals surface area contributed by atoms with Gasteiger partial charge in [-0.15, -0.1) is 11.3 Å². The Kier molecular flexibility index (Phi) is 7.18. The van der Waals surface area contributed by atoms with Crippen molar-refractivity contribution in [3.8, 4) is 33.4 Å². The highest BCUT2D eigenvalue weighted by atomic mass is 32.1. The van der Waals surface area contributed by atoms with Gasteiger partial charge in [0.15, 0.2) is 0 Å². The molecule has 0 amide bonds. The molecule has 0 atom stereocenters. The van der Waals surface area contributed by atoms with Crippen molar-refractivity contribution in [3.63, 3.8) is 0 Å². The molecule has 0 N–H and O–H groups in total. The first-order chi connectivity index (χ1) is 25.2. The Bertz CT molecular complexity index is 2720. The molecule has 7 aromatic carbocycles. The quantitative estimate of drug-likeness (QED) is 0.175. The maximum Gasteiger partial charge on any atom is 0.134 e. The van der Waals surface area contributed by atoms with Gasteiger partial charge in [0.05, 0.1) is 0 Å². The lowest BCUT2D eigenvalue weighted by Crippen LogP contribution is -2.09. The summed E-state index contributed by atoms with van der Waals surface area (Å²) in [5, 5.41) is 3.83. The largest absolute Gasteiger partial charge is 0.460 e. The van der Waals surface area contributed by atoms with Crippen molar-refractivity contribution in [2.75, 3.05) is 4.90 Å². The van der Waals surface area contributed by atoms with Gasteiger partial charge in [0, 0.05) is 54.6 Å². The van der Waals surface area contributed by atoms with Gasteiger partial charge in [0.2, 0.25) is 0 Å². The van der Waals surface area contributed by atoms with Crippen LogP contribution in [0.5, 0.6) is 0 Å². The summed E-state index contributed by atoms with van der Waals surface area (Å²) >= 11 is 1.86. The van der Waals surface area contributed by atoms with Crippen LogP contribution in [0.25, 0.3) is 70.6 Å². The predicted molar refractivity (Wildman–Crippen MR) is 217 cm³/mol. The Morgan fingerprint density at radius 2 is 0.980 bits per heavy atom. The fourth-order valence-corrected chi connectivity index (χ4v) is 8.61. The molecule has 0 aliphatic heterocycles. The van der Waals surface area contributed by atoms with Crippen molar-refractivity contribution in [3.05, 3.63) is 181 Å². The van der Waals surface area contributed by atoms with Crippen molar-refractivity contribution in [1.82, 2.24) is 0 Å². The van der Waals surface area contributed by atoms with Crippen LogP contribution in [0.1, 0.15) is 17.7 Å². The molecule has 0 radical (unpaired) electrons. The summed E-state index contributed by atoms with van der Waals surface area (Å²) in [5.41, 5.74) is 12.7. The van der Waals surface area contributed by atoms with Crippen LogP contribution in [0, 0.1) is 0 Å². The second kappa shape index (κ2) is 12.3. The van der Waals surface area contributed by atoms with E-state index in [0.29, 0.717) is 0 Å². The molecule has 0 saturated heterocycles. The highest BCUT2D eigenvalue weighted by Crippen LogP contribution is 2.40. The van der Waals surface area contributed by atoms with Gasteiger partial charge in [-0.25, -0.2) is 0 Å². The normalized spacial score (nSPS) is 12.5. The van der Waals surface area contributed by atoms with Gasteiger partial charge in [0.1, 0.15) is 11.3 Å². The summed E-state index contributed by atoms with van der Waals surface area (Å²) in [4.78, 5) is 2.35. The maximum absolute atomic E-state index is 6.18. The first kappa shape index (κ1) is 29.7. The van der Waals surface area contributed by atoms with E-state index in [-0.39, 0.29) is 0 Å².